The minimum atomic E-state index is -4.54. The fraction of sp³-hybridized carbons (Fsp3) is 0.381. The first-order valence-electron chi connectivity index (χ1n) is 9.63. The monoisotopic (exact) mass is 440 g/mol. The summed E-state index contributed by atoms with van der Waals surface area (Å²) in [6.45, 7) is 1.54. The van der Waals surface area contributed by atoms with Crippen LogP contribution in [0.3, 0.4) is 0 Å². The number of rotatable bonds is 6. The molecule has 0 aromatic heterocycles. The van der Waals surface area contributed by atoms with Crippen LogP contribution < -0.4 is 10.0 Å². The number of hydrogen-bond acceptors (Lipinski definition) is 3. The van der Waals surface area contributed by atoms with E-state index in [4.69, 9.17) is 0 Å². The van der Waals surface area contributed by atoms with Crippen LogP contribution in [0.1, 0.15) is 48.9 Å². The maximum absolute atomic E-state index is 12.6. The highest BCUT2D eigenvalue weighted by atomic mass is 32.2. The molecule has 0 saturated carbocycles. The number of carbonyl (C=O) groups excluding carboxylic acids is 1. The highest BCUT2D eigenvalue weighted by molar-refractivity contribution is 7.89. The Labute approximate surface area is 173 Å². The van der Waals surface area contributed by atoms with E-state index in [-0.39, 0.29) is 23.3 Å². The Bertz CT molecular complexity index is 1000. The molecule has 1 aliphatic carbocycles. The predicted molar refractivity (Wildman–Crippen MR) is 106 cm³/mol. The Kier molecular flexibility index (Phi) is 6.52. The summed E-state index contributed by atoms with van der Waals surface area (Å²) in [5, 5.41) is 2.96. The molecule has 2 N–H and O–H groups in total. The van der Waals surface area contributed by atoms with Crippen molar-refractivity contribution in [2.75, 3.05) is 0 Å². The molecule has 2 unspecified atom stereocenters. The lowest BCUT2D eigenvalue weighted by molar-refractivity contribution is -0.137. The van der Waals surface area contributed by atoms with Crippen LogP contribution in [0, 0.1) is 0 Å². The van der Waals surface area contributed by atoms with Crippen molar-refractivity contribution in [1.82, 2.24) is 10.0 Å². The zero-order chi connectivity index (χ0) is 21.9. The predicted octanol–water partition coefficient (Wildman–Crippen LogP) is 3.96. The average molecular weight is 440 g/mol. The molecule has 0 fully saturated rings. The van der Waals surface area contributed by atoms with E-state index in [1.807, 2.05) is 24.3 Å². The van der Waals surface area contributed by atoms with Crippen molar-refractivity contribution >= 4 is 15.9 Å². The van der Waals surface area contributed by atoms with Crippen LogP contribution in [0.25, 0.3) is 0 Å². The number of halogens is 3. The molecule has 0 bridgehead atoms. The summed E-state index contributed by atoms with van der Waals surface area (Å²) in [7, 11) is -4.05. The van der Waals surface area contributed by atoms with E-state index >= 15 is 0 Å². The molecule has 5 nitrogen and oxygen atoms in total. The molecule has 2 atom stereocenters. The average Bonchev–Trinajstić information content (AvgIpc) is 2.67. The van der Waals surface area contributed by atoms with Crippen molar-refractivity contribution < 1.29 is 26.4 Å². The van der Waals surface area contributed by atoms with Crippen LogP contribution in [0.15, 0.2) is 53.4 Å². The van der Waals surface area contributed by atoms with Crippen molar-refractivity contribution in [2.24, 2.45) is 0 Å². The minimum Gasteiger partial charge on any atom is -0.349 e. The Hall–Kier alpha value is -2.39. The third kappa shape index (κ3) is 5.40. The van der Waals surface area contributed by atoms with Crippen molar-refractivity contribution in [1.29, 1.82) is 0 Å². The molecular formula is C21H23F3N2O3S. The van der Waals surface area contributed by atoms with Crippen LogP contribution in [0.2, 0.25) is 0 Å². The zero-order valence-corrected chi connectivity index (χ0v) is 17.2. The molecule has 0 aliphatic heterocycles. The lowest BCUT2D eigenvalue weighted by Crippen LogP contribution is -2.38. The number of fused-ring (bicyclic) bond motifs is 1. The molecule has 0 saturated heterocycles. The molecule has 0 heterocycles. The smallest absolute Gasteiger partial charge is 0.349 e. The van der Waals surface area contributed by atoms with Gasteiger partial charge in [-0.3, -0.25) is 4.79 Å². The molecule has 9 heteroatoms. The fourth-order valence-corrected chi connectivity index (χ4v) is 4.88. The van der Waals surface area contributed by atoms with Gasteiger partial charge in [0.05, 0.1) is 16.5 Å². The molecule has 30 heavy (non-hydrogen) atoms. The molecule has 2 aromatic rings. The summed E-state index contributed by atoms with van der Waals surface area (Å²) < 4.78 is 65.1. The molecule has 0 radical (unpaired) electrons. The Morgan fingerprint density at radius 2 is 1.80 bits per heavy atom. The van der Waals surface area contributed by atoms with Gasteiger partial charge in [-0.1, -0.05) is 24.3 Å². The van der Waals surface area contributed by atoms with Crippen molar-refractivity contribution in [3.8, 4) is 0 Å². The highest BCUT2D eigenvalue weighted by Gasteiger charge is 2.31. The van der Waals surface area contributed by atoms with Crippen LogP contribution >= 0.6 is 0 Å². The second-order valence-electron chi connectivity index (χ2n) is 7.46. The van der Waals surface area contributed by atoms with E-state index in [1.54, 1.807) is 0 Å². The molecule has 2 aromatic carbocycles. The van der Waals surface area contributed by atoms with Crippen LogP contribution in [-0.4, -0.2) is 20.4 Å². The lowest BCUT2D eigenvalue weighted by atomic mass is 9.87. The number of hydrogen-bond donors (Lipinski definition) is 2. The second kappa shape index (κ2) is 8.77. The summed E-state index contributed by atoms with van der Waals surface area (Å²) in [5.74, 6) is -0.292. The van der Waals surface area contributed by atoms with Crippen molar-refractivity contribution in [3.63, 3.8) is 0 Å². The van der Waals surface area contributed by atoms with Gasteiger partial charge in [0, 0.05) is 12.5 Å². The summed E-state index contributed by atoms with van der Waals surface area (Å²) in [6, 6.07) is 10.3. The second-order valence-corrected chi connectivity index (χ2v) is 9.17. The Morgan fingerprint density at radius 3 is 2.47 bits per heavy atom. The first-order chi connectivity index (χ1) is 14.1. The highest BCUT2D eigenvalue weighted by Crippen LogP contribution is 2.30. The summed E-state index contributed by atoms with van der Waals surface area (Å²) in [5.41, 5.74) is 1.35. The quantitative estimate of drug-likeness (QED) is 0.714. The third-order valence-corrected chi connectivity index (χ3v) is 6.65. The van der Waals surface area contributed by atoms with E-state index in [0.717, 1.165) is 37.0 Å². The SMILES string of the molecule is CC(CC(=O)NC1CCCc2ccccc21)NS(=O)(=O)c1ccc(C(F)(F)F)cc1. The van der Waals surface area contributed by atoms with E-state index in [1.165, 1.54) is 12.5 Å². The van der Waals surface area contributed by atoms with E-state index in [0.29, 0.717) is 12.1 Å². The van der Waals surface area contributed by atoms with Gasteiger partial charge in [0.15, 0.2) is 0 Å². The van der Waals surface area contributed by atoms with E-state index < -0.39 is 27.8 Å². The van der Waals surface area contributed by atoms with Gasteiger partial charge in [0.1, 0.15) is 0 Å². The first-order valence-corrected chi connectivity index (χ1v) is 11.1. The molecule has 0 spiro atoms. The Balaban J connectivity index is 1.60. The van der Waals surface area contributed by atoms with Gasteiger partial charge in [-0.05, 0) is 61.6 Å². The van der Waals surface area contributed by atoms with Crippen LogP contribution in [0.4, 0.5) is 13.2 Å². The number of alkyl halides is 3. The third-order valence-electron chi connectivity index (χ3n) is 5.04. The molecule has 3 rings (SSSR count). The minimum absolute atomic E-state index is 0.0848. The van der Waals surface area contributed by atoms with Crippen LogP contribution in [0.5, 0.6) is 0 Å². The number of aryl methyl sites for hydroxylation is 1. The van der Waals surface area contributed by atoms with Gasteiger partial charge in [-0.25, -0.2) is 13.1 Å². The van der Waals surface area contributed by atoms with Crippen LogP contribution in [-0.2, 0) is 27.4 Å². The first kappa shape index (κ1) is 22.3. The molecule has 1 amide bonds. The maximum Gasteiger partial charge on any atom is 0.416 e. The molecular weight excluding hydrogens is 417 g/mol. The largest absolute Gasteiger partial charge is 0.416 e. The van der Waals surface area contributed by atoms with E-state index in [9.17, 15) is 26.4 Å². The molecule has 162 valence electrons. The zero-order valence-electron chi connectivity index (χ0n) is 16.4. The summed E-state index contributed by atoms with van der Waals surface area (Å²) in [4.78, 5) is 12.1. The fourth-order valence-electron chi connectivity index (χ4n) is 3.63. The standard InChI is InChI=1S/C21H23F3N2O3S/c1-14(26-30(28,29)17-11-9-16(10-12-17)21(22,23)24)13-20(27)25-19-8-4-6-15-5-2-3-7-18(15)19/h2-3,5,7,9-12,14,19,26H,4,6,8,13H2,1H3,(H,25,27). The topological polar surface area (TPSA) is 75.3 Å². The van der Waals surface area contributed by atoms with E-state index in [2.05, 4.69) is 10.0 Å². The number of carbonyl (C=O) groups is 1. The number of amides is 1. The lowest BCUT2D eigenvalue weighted by Gasteiger charge is -2.27. The van der Waals surface area contributed by atoms with Gasteiger partial charge in [-0.15, -0.1) is 0 Å². The normalized spacial score (nSPS) is 17.8. The number of nitrogens with one attached hydrogen (secondary N) is 2. The number of sulfonamides is 1. The summed E-state index contributed by atoms with van der Waals surface area (Å²) in [6.07, 6.45) is -1.89. The maximum atomic E-state index is 12.6. The number of benzene rings is 2. The van der Waals surface area contributed by atoms with Crippen molar-refractivity contribution in [2.45, 2.75) is 55.8 Å². The van der Waals surface area contributed by atoms with Gasteiger partial charge < -0.3 is 5.32 Å². The molecule has 1 aliphatic rings. The summed E-state index contributed by atoms with van der Waals surface area (Å²) >= 11 is 0. The Morgan fingerprint density at radius 1 is 1.13 bits per heavy atom. The van der Waals surface area contributed by atoms with Gasteiger partial charge >= 0.3 is 6.18 Å². The van der Waals surface area contributed by atoms with Gasteiger partial charge in [0.2, 0.25) is 15.9 Å². The van der Waals surface area contributed by atoms with Gasteiger partial charge in [0.25, 0.3) is 0 Å². The van der Waals surface area contributed by atoms with Crippen molar-refractivity contribution in [3.05, 3.63) is 65.2 Å². The van der Waals surface area contributed by atoms with Gasteiger partial charge in [-0.2, -0.15) is 13.2 Å².